The third kappa shape index (κ3) is 1.77. The molecule has 0 fully saturated rings. The van der Waals surface area contributed by atoms with Crippen LogP contribution < -0.4 is 0 Å². The van der Waals surface area contributed by atoms with Gasteiger partial charge in [-0.2, -0.15) is 0 Å². The van der Waals surface area contributed by atoms with Crippen molar-refractivity contribution in [2.45, 2.75) is 0 Å². The van der Waals surface area contributed by atoms with Gasteiger partial charge in [0, 0.05) is 21.8 Å². The van der Waals surface area contributed by atoms with Crippen molar-refractivity contribution < 1.29 is 0 Å². The van der Waals surface area contributed by atoms with Gasteiger partial charge < -0.3 is 4.98 Å². The summed E-state index contributed by atoms with van der Waals surface area (Å²) < 4.78 is 0. The topological polar surface area (TPSA) is 15.8 Å². The second-order valence-corrected chi connectivity index (χ2v) is 3.22. The van der Waals surface area contributed by atoms with Crippen LogP contribution in [0.25, 0.3) is 21.8 Å². The van der Waals surface area contributed by atoms with Crippen LogP contribution in [0.1, 0.15) is 0 Å². The highest BCUT2D eigenvalue weighted by Gasteiger charge is 2.00. The van der Waals surface area contributed by atoms with Crippen LogP contribution in [-0.4, -0.2) is 10.8 Å². The molecular weight excluding hydrogens is 250 g/mol. The van der Waals surface area contributed by atoms with Crippen LogP contribution in [0.2, 0.25) is 0 Å². The van der Waals surface area contributed by atoms with Gasteiger partial charge in [-0.05, 0) is 18.0 Å². The van der Waals surface area contributed by atoms with Crippen LogP contribution in [0.3, 0.4) is 0 Å². The molecule has 1 heterocycles. The zero-order chi connectivity index (χ0) is 10.7. The van der Waals surface area contributed by atoms with Gasteiger partial charge in [0.25, 0.3) is 0 Å². The van der Waals surface area contributed by atoms with Crippen LogP contribution in [0.4, 0.5) is 0 Å². The zero-order valence-electron chi connectivity index (χ0n) is 8.50. The Morgan fingerprint density at radius 1 is 0.733 bits per heavy atom. The highest BCUT2D eigenvalue weighted by atomic mass is 79.9. The maximum Gasteiger partial charge on any atom is 0.0464 e. The van der Waals surface area contributed by atoms with E-state index < -0.39 is 0 Å². The van der Waals surface area contributed by atoms with Gasteiger partial charge >= 0.3 is 0 Å². The first-order chi connectivity index (χ1) is 7.45. The minimum atomic E-state index is 1.21. The normalized spacial score (nSPS) is 10.0. The van der Waals surface area contributed by atoms with E-state index in [4.69, 9.17) is 0 Å². The summed E-state index contributed by atoms with van der Waals surface area (Å²) in [6.07, 6.45) is 0. The summed E-state index contributed by atoms with van der Waals surface area (Å²) in [5.41, 5.74) is 2.42. The van der Waals surface area contributed by atoms with Crippen LogP contribution in [0.5, 0.6) is 0 Å². The van der Waals surface area contributed by atoms with E-state index in [2.05, 4.69) is 69.4 Å². The van der Waals surface area contributed by atoms with E-state index in [-0.39, 0.29) is 0 Å². The lowest BCUT2D eigenvalue weighted by molar-refractivity contribution is 1.55. The average molecular weight is 262 g/mol. The van der Waals surface area contributed by atoms with E-state index in [1.54, 1.807) is 0 Å². The second-order valence-electron chi connectivity index (χ2n) is 3.22. The molecule has 15 heavy (non-hydrogen) atoms. The number of aromatic amines is 1. The number of nitrogens with one attached hydrogen (secondary N) is 1. The fraction of sp³-hybridized carbons (Fsp3) is 0.0769. The fourth-order valence-electron chi connectivity index (χ4n) is 1.80. The van der Waals surface area contributed by atoms with E-state index in [1.807, 2.05) is 5.83 Å². The summed E-state index contributed by atoms with van der Waals surface area (Å²) in [6, 6.07) is 16.8. The smallest absolute Gasteiger partial charge is 0.0464 e. The van der Waals surface area contributed by atoms with Crippen molar-refractivity contribution in [2.75, 3.05) is 5.83 Å². The second kappa shape index (κ2) is 4.49. The first-order valence-corrected chi connectivity index (χ1v) is 6.37. The summed E-state index contributed by atoms with van der Waals surface area (Å²) in [6.45, 7) is 0. The summed E-state index contributed by atoms with van der Waals surface area (Å²) in [5, 5.41) is 2.61. The molecule has 0 atom stereocenters. The highest BCUT2D eigenvalue weighted by Crippen LogP contribution is 2.24. The van der Waals surface area contributed by atoms with Gasteiger partial charge in [-0.3, -0.25) is 0 Å². The number of hydrogen-bond donors (Lipinski definition) is 1. The monoisotopic (exact) mass is 261 g/mol. The first kappa shape index (κ1) is 10.2. The van der Waals surface area contributed by atoms with Crippen LogP contribution in [-0.2, 0) is 0 Å². The Morgan fingerprint density at radius 2 is 1.13 bits per heavy atom. The highest BCUT2D eigenvalue weighted by molar-refractivity contribution is 9.08. The van der Waals surface area contributed by atoms with Crippen LogP contribution in [0.15, 0.2) is 48.5 Å². The number of benzene rings is 2. The number of alkyl halides is 1. The number of aromatic nitrogens is 1. The van der Waals surface area contributed by atoms with Gasteiger partial charge in [-0.1, -0.05) is 52.3 Å². The Bertz CT molecular complexity index is 518. The first-order valence-electron chi connectivity index (χ1n) is 4.78. The Kier molecular flexibility index (Phi) is 3.07. The molecule has 3 aromatic rings. The predicted octanol–water partition coefficient (Wildman–Crippen LogP) is 4.33. The summed E-state index contributed by atoms with van der Waals surface area (Å²) in [7, 11) is 0. The number of halogens is 1. The summed E-state index contributed by atoms with van der Waals surface area (Å²) in [4.78, 5) is 3.38. The molecule has 3 rings (SSSR count). The Morgan fingerprint density at radius 3 is 1.60 bits per heavy atom. The largest absolute Gasteiger partial charge is 0.355 e. The Labute approximate surface area is 97.2 Å². The van der Waals surface area contributed by atoms with Crippen molar-refractivity contribution >= 4 is 37.7 Å². The molecule has 0 radical (unpaired) electrons. The molecule has 2 heteroatoms. The van der Waals surface area contributed by atoms with E-state index >= 15 is 0 Å². The van der Waals surface area contributed by atoms with Crippen LogP contribution in [0, 0.1) is 0 Å². The number of H-pyrrole nitrogens is 1. The molecule has 1 N–H and O–H groups in total. The SMILES string of the molecule is CBr.c1ccc2c(c1)[nH]c1ccccc12. The molecule has 0 unspecified atom stereocenters. The van der Waals surface area contributed by atoms with Gasteiger partial charge in [0.1, 0.15) is 0 Å². The van der Waals surface area contributed by atoms with Gasteiger partial charge in [-0.25, -0.2) is 0 Å². The molecule has 76 valence electrons. The molecule has 0 amide bonds. The molecule has 0 saturated heterocycles. The molecule has 0 spiro atoms. The fourth-order valence-corrected chi connectivity index (χ4v) is 1.80. The zero-order valence-corrected chi connectivity index (χ0v) is 10.1. The number of para-hydroxylation sites is 2. The van der Waals surface area contributed by atoms with Crippen molar-refractivity contribution in [3.8, 4) is 0 Å². The summed E-state index contributed by atoms with van der Waals surface area (Å²) >= 11 is 2.94. The molecule has 0 aliphatic carbocycles. The van der Waals surface area contributed by atoms with E-state index in [1.165, 1.54) is 21.8 Å². The number of fused-ring (bicyclic) bond motifs is 3. The van der Waals surface area contributed by atoms with Gasteiger partial charge in [0.05, 0.1) is 0 Å². The Hall–Kier alpha value is -1.28. The quantitative estimate of drug-likeness (QED) is 0.580. The van der Waals surface area contributed by atoms with Crippen molar-refractivity contribution in [3.05, 3.63) is 48.5 Å². The number of rotatable bonds is 0. The van der Waals surface area contributed by atoms with Gasteiger partial charge in [-0.15, -0.1) is 0 Å². The molecule has 2 aromatic carbocycles. The van der Waals surface area contributed by atoms with Crippen molar-refractivity contribution in [1.29, 1.82) is 0 Å². The van der Waals surface area contributed by atoms with Crippen LogP contribution >= 0.6 is 15.9 Å². The molecular formula is C13H12BrN. The summed E-state index contributed by atoms with van der Waals surface area (Å²) in [5.74, 6) is 1.81. The maximum atomic E-state index is 3.38. The standard InChI is InChI=1S/C12H9N.CH3Br/c1-3-7-11-9(5-1)10-6-2-4-8-12(10)13-11;1-2/h1-8,13H;1H3. The van der Waals surface area contributed by atoms with E-state index in [0.29, 0.717) is 0 Å². The molecule has 1 nitrogen and oxygen atoms in total. The van der Waals surface area contributed by atoms with Crippen molar-refractivity contribution in [3.63, 3.8) is 0 Å². The maximum absolute atomic E-state index is 3.38. The molecule has 1 aromatic heterocycles. The lowest BCUT2D eigenvalue weighted by atomic mass is 10.2. The molecule has 0 aliphatic heterocycles. The van der Waals surface area contributed by atoms with Gasteiger partial charge in [0.15, 0.2) is 0 Å². The van der Waals surface area contributed by atoms with E-state index in [0.717, 1.165) is 0 Å². The Balaban J connectivity index is 0.000000404. The third-order valence-electron chi connectivity index (χ3n) is 2.41. The lowest BCUT2D eigenvalue weighted by Crippen LogP contribution is -1.62. The molecule has 0 aliphatic rings. The van der Waals surface area contributed by atoms with Crippen molar-refractivity contribution in [1.82, 2.24) is 4.98 Å². The number of hydrogen-bond acceptors (Lipinski definition) is 0. The van der Waals surface area contributed by atoms with Crippen molar-refractivity contribution in [2.24, 2.45) is 0 Å². The average Bonchev–Trinajstić information content (AvgIpc) is 2.70. The minimum absolute atomic E-state index is 1.21. The lowest BCUT2D eigenvalue weighted by Gasteiger charge is -1.87. The van der Waals surface area contributed by atoms with Gasteiger partial charge in [0.2, 0.25) is 0 Å². The molecule has 0 saturated carbocycles. The molecule has 0 bridgehead atoms. The predicted molar refractivity (Wildman–Crippen MR) is 70.7 cm³/mol. The van der Waals surface area contributed by atoms with E-state index in [9.17, 15) is 0 Å². The third-order valence-corrected chi connectivity index (χ3v) is 2.41. The minimum Gasteiger partial charge on any atom is -0.355 e.